The molecule has 6 heteroatoms. The lowest BCUT2D eigenvalue weighted by Gasteiger charge is -2.09. The number of hydrogen-bond donors (Lipinski definition) is 2. The lowest BCUT2D eigenvalue weighted by Crippen LogP contribution is -2.25. The number of nitrogens with one attached hydrogen (secondary N) is 2. The van der Waals surface area contributed by atoms with E-state index in [2.05, 4.69) is 15.6 Å². The van der Waals surface area contributed by atoms with Gasteiger partial charge in [-0.1, -0.05) is 12.1 Å². The van der Waals surface area contributed by atoms with E-state index in [1.807, 2.05) is 24.3 Å². The van der Waals surface area contributed by atoms with Gasteiger partial charge in [-0.05, 0) is 30.2 Å². The van der Waals surface area contributed by atoms with Crippen molar-refractivity contribution in [3.63, 3.8) is 0 Å². The highest BCUT2D eigenvalue weighted by atomic mass is 16.5. The normalized spacial score (nSPS) is 10.2. The molecule has 0 saturated carbocycles. The van der Waals surface area contributed by atoms with Crippen molar-refractivity contribution in [2.24, 2.45) is 0 Å². The Morgan fingerprint density at radius 1 is 1.17 bits per heavy atom. The second-order valence-corrected chi connectivity index (χ2v) is 5.27. The Balaban J connectivity index is 1.88. The first-order valence-electron chi connectivity index (χ1n) is 7.82. The molecule has 1 heterocycles. The minimum absolute atomic E-state index is 0.133. The van der Waals surface area contributed by atoms with Crippen LogP contribution in [0, 0.1) is 0 Å². The SMILES string of the molecule is COCCCNC(=O)c1cncc(NCc2ccc(OC)cc2)c1. The largest absolute Gasteiger partial charge is 0.497 e. The number of aromatic nitrogens is 1. The van der Waals surface area contributed by atoms with E-state index in [1.165, 1.54) is 0 Å². The highest BCUT2D eigenvalue weighted by Gasteiger charge is 2.06. The topological polar surface area (TPSA) is 72.5 Å². The molecule has 6 nitrogen and oxygen atoms in total. The van der Waals surface area contributed by atoms with Gasteiger partial charge in [-0.15, -0.1) is 0 Å². The van der Waals surface area contributed by atoms with E-state index in [0.29, 0.717) is 25.3 Å². The molecule has 2 aromatic rings. The van der Waals surface area contributed by atoms with Crippen LogP contribution in [0.1, 0.15) is 22.3 Å². The van der Waals surface area contributed by atoms with E-state index >= 15 is 0 Å². The first-order valence-corrected chi connectivity index (χ1v) is 7.82. The number of rotatable bonds is 9. The average Bonchev–Trinajstić information content (AvgIpc) is 2.64. The van der Waals surface area contributed by atoms with Crippen LogP contribution in [0.2, 0.25) is 0 Å². The third-order valence-corrected chi connectivity index (χ3v) is 3.47. The summed E-state index contributed by atoms with van der Waals surface area (Å²) in [6, 6.07) is 9.61. The van der Waals surface area contributed by atoms with Crippen LogP contribution in [0.15, 0.2) is 42.7 Å². The molecular formula is C18H23N3O3. The molecule has 2 N–H and O–H groups in total. The van der Waals surface area contributed by atoms with Crippen LogP contribution in [0.3, 0.4) is 0 Å². The predicted molar refractivity (Wildman–Crippen MR) is 93.4 cm³/mol. The van der Waals surface area contributed by atoms with Crippen molar-refractivity contribution in [3.05, 3.63) is 53.9 Å². The zero-order chi connectivity index (χ0) is 17.2. The summed E-state index contributed by atoms with van der Waals surface area (Å²) in [4.78, 5) is 16.2. The summed E-state index contributed by atoms with van der Waals surface area (Å²) >= 11 is 0. The van der Waals surface area contributed by atoms with Crippen molar-refractivity contribution in [1.82, 2.24) is 10.3 Å². The van der Waals surface area contributed by atoms with Gasteiger partial charge in [-0.2, -0.15) is 0 Å². The highest BCUT2D eigenvalue weighted by molar-refractivity contribution is 5.94. The Bertz CT molecular complexity index is 644. The third-order valence-electron chi connectivity index (χ3n) is 3.47. The molecule has 0 saturated heterocycles. The third kappa shape index (κ3) is 5.55. The number of hydrogen-bond acceptors (Lipinski definition) is 5. The van der Waals surface area contributed by atoms with Crippen LogP contribution >= 0.6 is 0 Å². The Hall–Kier alpha value is -2.60. The maximum absolute atomic E-state index is 12.1. The van der Waals surface area contributed by atoms with Crippen LogP contribution in [0.25, 0.3) is 0 Å². The number of benzene rings is 1. The fourth-order valence-corrected chi connectivity index (χ4v) is 2.13. The summed E-state index contributed by atoms with van der Waals surface area (Å²) in [7, 11) is 3.29. The number of methoxy groups -OCH3 is 2. The maximum Gasteiger partial charge on any atom is 0.252 e. The van der Waals surface area contributed by atoms with Gasteiger partial charge in [0.05, 0.1) is 18.4 Å². The molecule has 0 radical (unpaired) electrons. The summed E-state index contributed by atoms with van der Waals surface area (Å²) in [6.07, 6.45) is 4.04. The number of nitrogens with zero attached hydrogens (tertiary/aromatic N) is 1. The molecule has 0 aliphatic heterocycles. The molecule has 0 atom stereocenters. The van der Waals surface area contributed by atoms with Gasteiger partial charge in [0.15, 0.2) is 0 Å². The molecule has 1 aromatic heterocycles. The number of carbonyl (C=O) groups is 1. The molecule has 0 spiro atoms. The summed E-state index contributed by atoms with van der Waals surface area (Å²) < 4.78 is 10.1. The van der Waals surface area contributed by atoms with Crippen LogP contribution < -0.4 is 15.4 Å². The van der Waals surface area contributed by atoms with Gasteiger partial charge in [0.1, 0.15) is 5.75 Å². The Kier molecular flexibility index (Phi) is 7.04. The van der Waals surface area contributed by atoms with Gasteiger partial charge in [-0.3, -0.25) is 9.78 Å². The van der Waals surface area contributed by atoms with Gasteiger partial charge in [0.2, 0.25) is 0 Å². The minimum atomic E-state index is -0.133. The van der Waals surface area contributed by atoms with E-state index in [4.69, 9.17) is 9.47 Å². The minimum Gasteiger partial charge on any atom is -0.497 e. The molecule has 0 aliphatic carbocycles. The maximum atomic E-state index is 12.1. The van der Waals surface area contributed by atoms with Crippen molar-refractivity contribution < 1.29 is 14.3 Å². The lowest BCUT2D eigenvalue weighted by molar-refractivity contribution is 0.0948. The van der Waals surface area contributed by atoms with Crippen LogP contribution in [-0.2, 0) is 11.3 Å². The fraction of sp³-hybridized carbons (Fsp3) is 0.333. The standard InChI is InChI=1S/C18H23N3O3/c1-23-9-3-8-20-18(22)15-10-16(13-19-12-15)21-11-14-4-6-17(24-2)7-5-14/h4-7,10,12-13,21H,3,8-9,11H2,1-2H3,(H,20,22). The first-order chi connectivity index (χ1) is 11.7. The van der Waals surface area contributed by atoms with Gasteiger partial charge in [-0.25, -0.2) is 0 Å². The molecule has 1 aromatic carbocycles. The number of pyridine rings is 1. The predicted octanol–water partition coefficient (Wildman–Crippen LogP) is 2.47. The van der Waals surface area contributed by atoms with Gasteiger partial charge in [0, 0.05) is 39.2 Å². The molecule has 1 amide bonds. The van der Waals surface area contributed by atoms with E-state index in [0.717, 1.165) is 23.4 Å². The number of amides is 1. The second-order valence-electron chi connectivity index (χ2n) is 5.27. The molecule has 0 unspecified atom stereocenters. The molecule has 0 aliphatic rings. The first kappa shape index (κ1) is 17.7. The van der Waals surface area contributed by atoms with Crippen molar-refractivity contribution in [2.45, 2.75) is 13.0 Å². The summed E-state index contributed by atoms with van der Waals surface area (Å²) in [5, 5.41) is 6.11. The van der Waals surface area contributed by atoms with Crippen molar-refractivity contribution >= 4 is 11.6 Å². The lowest BCUT2D eigenvalue weighted by atomic mass is 10.2. The van der Waals surface area contributed by atoms with Crippen LogP contribution in [0.4, 0.5) is 5.69 Å². The van der Waals surface area contributed by atoms with Gasteiger partial charge >= 0.3 is 0 Å². The molecule has 24 heavy (non-hydrogen) atoms. The van der Waals surface area contributed by atoms with E-state index in [1.54, 1.807) is 32.7 Å². The molecule has 128 valence electrons. The molecule has 0 bridgehead atoms. The van der Waals surface area contributed by atoms with Crippen LogP contribution in [0.5, 0.6) is 5.75 Å². The fourth-order valence-electron chi connectivity index (χ4n) is 2.13. The van der Waals surface area contributed by atoms with E-state index in [9.17, 15) is 4.79 Å². The van der Waals surface area contributed by atoms with E-state index < -0.39 is 0 Å². The zero-order valence-electron chi connectivity index (χ0n) is 14.0. The molecule has 2 rings (SSSR count). The number of carbonyl (C=O) groups excluding carboxylic acids is 1. The Morgan fingerprint density at radius 3 is 2.67 bits per heavy atom. The highest BCUT2D eigenvalue weighted by Crippen LogP contribution is 2.14. The average molecular weight is 329 g/mol. The van der Waals surface area contributed by atoms with Crippen LogP contribution in [-0.4, -0.2) is 38.3 Å². The Labute approximate surface area is 142 Å². The van der Waals surface area contributed by atoms with Crippen molar-refractivity contribution in [3.8, 4) is 5.75 Å². The summed E-state index contributed by atoms with van der Waals surface area (Å²) in [5.74, 6) is 0.694. The number of anilines is 1. The second kappa shape index (κ2) is 9.52. The Morgan fingerprint density at radius 2 is 1.96 bits per heavy atom. The summed E-state index contributed by atoms with van der Waals surface area (Å²) in [6.45, 7) is 1.85. The zero-order valence-corrected chi connectivity index (χ0v) is 14.0. The van der Waals surface area contributed by atoms with Crippen molar-refractivity contribution in [2.75, 3.05) is 32.7 Å². The quantitative estimate of drug-likeness (QED) is 0.692. The van der Waals surface area contributed by atoms with E-state index in [-0.39, 0.29) is 5.91 Å². The van der Waals surface area contributed by atoms with Gasteiger partial charge in [0.25, 0.3) is 5.91 Å². The van der Waals surface area contributed by atoms with Gasteiger partial charge < -0.3 is 20.1 Å². The molecular weight excluding hydrogens is 306 g/mol. The monoisotopic (exact) mass is 329 g/mol. The molecule has 0 fully saturated rings. The summed E-state index contributed by atoms with van der Waals surface area (Å²) in [5.41, 5.74) is 2.45. The van der Waals surface area contributed by atoms with Crippen molar-refractivity contribution in [1.29, 1.82) is 0 Å². The number of ether oxygens (including phenoxy) is 2. The smallest absolute Gasteiger partial charge is 0.252 e.